The molecule has 0 unspecified atom stereocenters. The Labute approximate surface area is 110 Å². The van der Waals surface area contributed by atoms with Gasteiger partial charge in [0.1, 0.15) is 23.3 Å². The Hall–Kier alpha value is -2.74. The van der Waals surface area contributed by atoms with Crippen molar-refractivity contribution in [3.8, 4) is 11.8 Å². The normalized spacial score (nSPS) is 9.74. The fourth-order valence-electron chi connectivity index (χ4n) is 1.72. The number of nitrogens with zero attached hydrogens (tertiary/aromatic N) is 1. The molecule has 96 valence electrons. The summed E-state index contributed by atoms with van der Waals surface area (Å²) in [6.45, 7) is 1.70. The predicted molar refractivity (Wildman–Crippen MR) is 69.1 cm³/mol. The third-order valence-corrected chi connectivity index (χ3v) is 2.71. The lowest BCUT2D eigenvalue weighted by atomic mass is 10.1. The van der Waals surface area contributed by atoms with E-state index in [1.807, 2.05) is 6.07 Å². The van der Waals surface area contributed by atoms with Crippen LogP contribution in [0.1, 0.15) is 21.7 Å². The molecular formula is C14H12N2O3. The topological polar surface area (TPSA) is 75.3 Å². The number of furan rings is 1. The summed E-state index contributed by atoms with van der Waals surface area (Å²) in [5.74, 6) is 0.617. The van der Waals surface area contributed by atoms with Crippen LogP contribution in [0.25, 0.3) is 0 Å². The molecule has 0 aliphatic rings. The lowest BCUT2D eigenvalue weighted by Gasteiger charge is -2.11. The van der Waals surface area contributed by atoms with Gasteiger partial charge in [-0.3, -0.25) is 4.79 Å². The van der Waals surface area contributed by atoms with Crippen LogP contribution in [0.5, 0.6) is 5.75 Å². The lowest BCUT2D eigenvalue weighted by Crippen LogP contribution is -2.14. The zero-order valence-corrected chi connectivity index (χ0v) is 10.6. The summed E-state index contributed by atoms with van der Waals surface area (Å²) in [7, 11) is 1.48. The number of hydrogen-bond donors (Lipinski definition) is 1. The van der Waals surface area contributed by atoms with E-state index in [1.54, 1.807) is 31.2 Å². The molecule has 2 rings (SSSR count). The number of benzene rings is 1. The van der Waals surface area contributed by atoms with Crippen molar-refractivity contribution in [3.05, 3.63) is 47.4 Å². The highest BCUT2D eigenvalue weighted by atomic mass is 16.5. The zero-order chi connectivity index (χ0) is 13.8. The Kier molecular flexibility index (Phi) is 3.53. The van der Waals surface area contributed by atoms with Crippen LogP contribution in [0.15, 0.2) is 34.9 Å². The first-order chi connectivity index (χ1) is 9.17. The number of aryl methyl sites for hydroxylation is 1. The average molecular weight is 256 g/mol. The fourth-order valence-corrected chi connectivity index (χ4v) is 1.72. The van der Waals surface area contributed by atoms with Gasteiger partial charge in [0, 0.05) is 0 Å². The van der Waals surface area contributed by atoms with E-state index < -0.39 is 0 Å². The highest BCUT2D eigenvalue weighted by Gasteiger charge is 2.16. The molecule has 1 amide bonds. The SMILES string of the molecule is COc1cccc(C#N)c1NC(=O)c1ccoc1C. The van der Waals surface area contributed by atoms with Crippen molar-refractivity contribution in [1.82, 2.24) is 0 Å². The maximum atomic E-state index is 12.1. The van der Waals surface area contributed by atoms with E-state index in [2.05, 4.69) is 5.32 Å². The summed E-state index contributed by atoms with van der Waals surface area (Å²) in [6, 6.07) is 8.57. The van der Waals surface area contributed by atoms with Gasteiger partial charge in [0.15, 0.2) is 0 Å². The smallest absolute Gasteiger partial charge is 0.259 e. The molecule has 0 saturated heterocycles. The molecule has 1 aromatic carbocycles. The van der Waals surface area contributed by atoms with Gasteiger partial charge < -0.3 is 14.5 Å². The Morgan fingerprint density at radius 1 is 1.42 bits per heavy atom. The number of hydrogen-bond acceptors (Lipinski definition) is 4. The number of anilines is 1. The van der Waals surface area contributed by atoms with Crippen LogP contribution in [0.4, 0.5) is 5.69 Å². The number of methoxy groups -OCH3 is 1. The molecule has 0 fully saturated rings. The minimum atomic E-state index is -0.341. The molecular weight excluding hydrogens is 244 g/mol. The molecule has 0 saturated carbocycles. The average Bonchev–Trinajstić information content (AvgIpc) is 2.85. The minimum Gasteiger partial charge on any atom is -0.495 e. The second-order valence-electron chi connectivity index (χ2n) is 3.84. The first-order valence-electron chi connectivity index (χ1n) is 5.60. The van der Waals surface area contributed by atoms with Crippen LogP contribution in [0.2, 0.25) is 0 Å². The van der Waals surface area contributed by atoms with E-state index in [9.17, 15) is 4.79 Å². The highest BCUT2D eigenvalue weighted by Crippen LogP contribution is 2.28. The maximum absolute atomic E-state index is 12.1. The summed E-state index contributed by atoms with van der Waals surface area (Å²) in [5.41, 5.74) is 1.13. The molecule has 1 heterocycles. The Bertz CT molecular complexity index is 653. The molecule has 0 aliphatic carbocycles. The van der Waals surface area contributed by atoms with E-state index in [4.69, 9.17) is 14.4 Å². The molecule has 0 bridgehead atoms. The molecule has 0 spiro atoms. The number of para-hydroxylation sites is 1. The third kappa shape index (κ3) is 2.43. The molecule has 0 atom stereocenters. The quantitative estimate of drug-likeness (QED) is 0.916. The first-order valence-corrected chi connectivity index (χ1v) is 5.60. The van der Waals surface area contributed by atoms with Crippen LogP contribution >= 0.6 is 0 Å². The van der Waals surface area contributed by atoms with E-state index in [0.717, 1.165) is 0 Å². The van der Waals surface area contributed by atoms with Gasteiger partial charge in [0.25, 0.3) is 5.91 Å². The van der Waals surface area contributed by atoms with Crippen molar-refractivity contribution < 1.29 is 13.9 Å². The van der Waals surface area contributed by atoms with Gasteiger partial charge in [0.05, 0.1) is 24.5 Å². The number of amides is 1. The van der Waals surface area contributed by atoms with Crippen molar-refractivity contribution >= 4 is 11.6 Å². The van der Waals surface area contributed by atoms with Gasteiger partial charge in [-0.25, -0.2) is 0 Å². The van der Waals surface area contributed by atoms with Crippen LogP contribution in [0.3, 0.4) is 0 Å². The predicted octanol–water partition coefficient (Wildman–Crippen LogP) is 2.72. The van der Waals surface area contributed by atoms with Gasteiger partial charge in [-0.2, -0.15) is 5.26 Å². The first kappa shape index (κ1) is 12.7. The molecule has 0 radical (unpaired) electrons. The van der Waals surface area contributed by atoms with E-state index in [1.165, 1.54) is 13.4 Å². The van der Waals surface area contributed by atoms with Crippen molar-refractivity contribution in [2.75, 3.05) is 12.4 Å². The number of ether oxygens (including phenoxy) is 1. The molecule has 0 aliphatic heterocycles. The molecule has 5 nitrogen and oxygen atoms in total. The largest absolute Gasteiger partial charge is 0.495 e. The van der Waals surface area contributed by atoms with E-state index in [0.29, 0.717) is 28.3 Å². The van der Waals surface area contributed by atoms with Gasteiger partial charge in [-0.1, -0.05) is 6.07 Å². The van der Waals surface area contributed by atoms with Crippen LogP contribution in [-0.4, -0.2) is 13.0 Å². The molecule has 1 N–H and O–H groups in total. The number of carbonyl (C=O) groups excluding carboxylic acids is 1. The highest BCUT2D eigenvalue weighted by molar-refractivity contribution is 6.06. The number of nitrogens with one attached hydrogen (secondary N) is 1. The Morgan fingerprint density at radius 2 is 2.21 bits per heavy atom. The van der Waals surface area contributed by atoms with E-state index in [-0.39, 0.29) is 5.91 Å². The van der Waals surface area contributed by atoms with Crippen molar-refractivity contribution in [2.24, 2.45) is 0 Å². The minimum absolute atomic E-state index is 0.341. The molecule has 5 heteroatoms. The van der Waals surface area contributed by atoms with Crippen molar-refractivity contribution in [2.45, 2.75) is 6.92 Å². The maximum Gasteiger partial charge on any atom is 0.259 e. The van der Waals surface area contributed by atoms with Gasteiger partial charge in [0.2, 0.25) is 0 Å². The standard InChI is InChI=1S/C14H12N2O3/c1-9-11(6-7-19-9)14(17)16-13-10(8-15)4-3-5-12(13)18-2/h3-7H,1-2H3,(H,16,17). The fraction of sp³-hybridized carbons (Fsp3) is 0.143. The summed E-state index contributed by atoms with van der Waals surface area (Å²) in [5, 5.41) is 11.7. The Morgan fingerprint density at radius 3 is 2.79 bits per heavy atom. The van der Waals surface area contributed by atoms with Crippen LogP contribution in [-0.2, 0) is 0 Å². The number of rotatable bonds is 3. The van der Waals surface area contributed by atoms with Crippen LogP contribution in [0, 0.1) is 18.3 Å². The van der Waals surface area contributed by atoms with Gasteiger partial charge >= 0.3 is 0 Å². The van der Waals surface area contributed by atoms with Crippen molar-refractivity contribution in [3.63, 3.8) is 0 Å². The number of carbonyl (C=O) groups is 1. The van der Waals surface area contributed by atoms with E-state index >= 15 is 0 Å². The van der Waals surface area contributed by atoms with Crippen molar-refractivity contribution in [1.29, 1.82) is 5.26 Å². The molecule has 19 heavy (non-hydrogen) atoms. The molecule has 1 aromatic heterocycles. The molecule has 2 aromatic rings. The van der Waals surface area contributed by atoms with Gasteiger partial charge in [-0.05, 0) is 25.1 Å². The summed E-state index contributed by atoms with van der Waals surface area (Å²) in [6.07, 6.45) is 1.44. The monoisotopic (exact) mass is 256 g/mol. The summed E-state index contributed by atoms with van der Waals surface area (Å²) in [4.78, 5) is 12.1. The van der Waals surface area contributed by atoms with Crippen LogP contribution < -0.4 is 10.1 Å². The second-order valence-corrected chi connectivity index (χ2v) is 3.84. The number of nitriles is 1. The Balaban J connectivity index is 2.36. The zero-order valence-electron chi connectivity index (χ0n) is 10.6. The summed E-state index contributed by atoms with van der Waals surface area (Å²) >= 11 is 0. The summed E-state index contributed by atoms with van der Waals surface area (Å²) < 4.78 is 10.2. The van der Waals surface area contributed by atoms with Gasteiger partial charge in [-0.15, -0.1) is 0 Å². The third-order valence-electron chi connectivity index (χ3n) is 2.71. The lowest BCUT2D eigenvalue weighted by molar-refractivity contribution is 0.102. The second kappa shape index (κ2) is 5.27.